The van der Waals surface area contributed by atoms with Crippen molar-refractivity contribution in [2.24, 2.45) is 0 Å². The first-order valence-electron chi connectivity index (χ1n) is 6.88. The molecule has 0 aliphatic rings. The van der Waals surface area contributed by atoms with Crippen LogP contribution in [0.15, 0.2) is 35.7 Å². The number of carboxylic acid groups (broad SMARTS) is 1. The first-order valence-corrected chi connectivity index (χ1v) is 8.14. The van der Waals surface area contributed by atoms with Gasteiger partial charge in [-0.3, -0.25) is 4.79 Å². The van der Waals surface area contributed by atoms with Crippen LogP contribution in [0.25, 0.3) is 0 Å². The second-order valence-corrected chi connectivity index (χ2v) is 6.28. The number of nitrogens with one attached hydrogen (secondary N) is 1. The number of aliphatic carboxylic acids is 1. The largest absolute Gasteiger partial charge is 0.497 e. The Hall–Kier alpha value is -2.05. The Morgan fingerprint density at radius 1 is 1.35 bits per heavy atom. The van der Waals surface area contributed by atoms with Crippen molar-refractivity contribution >= 4 is 34.8 Å². The minimum atomic E-state index is -1.11. The molecule has 2 N–H and O–H groups in total. The van der Waals surface area contributed by atoms with E-state index in [1.807, 2.05) is 0 Å². The number of halogens is 1. The van der Waals surface area contributed by atoms with Crippen LogP contribution in [0.4, 0.5) is 0 Å². The zero-order valence-electron chi connectivity index (χ0n) is 12.4. The van der Waals surface area contributed by atoms with Crippen molar-refractivity contribution in [2.75, 3.05) is 7.11 Å². The van der Waals surface area contributed by atoms with Gasteiger partial charge in [-0.15, -0.1) is 11.3 Å². The highest BCUT2D eigenvalue weighted by atomic mass is 35.5. The van der Waals surface area contributed by atoms with Crippen LogP contribution in [0.5, 0.6) is 5.75 Å². The molecule has 1 aromatic heterocycles. The topological polar surface area (TPSA) is 75.6 Å². The normalized spacial score (nSPS) is 11.7. The molecule has 0 spiro atoms. The van der Waals surface area contributed by atoms with Crippen molar-refractivity contribution in [1.82, 2.24) is 5.32 Å². The van der Waals surface area contributed by atoms with Crippen LogP contribution in [0, 0.1) is 0 Å². The van der Waals surface area contributed by atoms with E-state index in [1.165, 1.54) is 18.4 Å². The fourth-order valence-electron chi connectivity index (χ4n) is 2.04. The summed E-state index contributed by atoms with van der Waals surface area (Å²) in [5, 5.41) is 14.3. The van der Waals surface area contributed by atoms with E-state index in [0.717, 1.165) is 4.88 Å². The van der Waals surface area contributed by atoms with E-state index in [0.29, 0.717) is 22.8 Å². The minimum Gasteiger partial charge on any atom is -0.497 e. The predicted octanol–water partition coefficient (Wildman–Crippen LogP) is 3.28. The predicted molar refractivity (Wildman–Crippen MR) is 89.2 cm³/mol. The van der Waals surface area contributed by atoms with Crippen LogP contribution in [0.1, 0.15) is 22.9 Å². The van der Waals surface area contributed by atoms with Gasteiger partial charge in [-0.05, 0) is 30.2 Å². The van der Waals surface area contributed by atoms with Gasteiger partial charge in [0.05, 0.1) is 12.1 Å². The summed E-state index contributed by atoms with van der Waals surface area (Å²) in [7, 11) is 1.53. The first kappa shape index (κ1) is 17.3. The zero-order chi connectivity index (χ0) is 16.8. The molecule has 0 aliphatic heterocycles. The standard InChI is InChI=1S/C16H16ClNO4S/c1-22-12-4-2-10(3-5-12)15(16(20)21)18-14(19)7-6-13-8-11(17)9-23-13/h2-5,8-9,15H,6-7H2,1H3,(H,18,19)(H,20,21). The van der Waals surface area contributed by atoms with Crippen molar-refractivity contribution in [3.05, 3.63) is 51.2 Å². The monoisotopic (exact) mass is 353 g/mol. The quantitative estimate of drug-likeness (QED) is 0.801. The third-order valence-electron chi connectivity index (χ3n) is 3.22. The van der Waals surface area contributed by atoms with Gasteiger partial charge in [-0.25, -0.2) is 4.79 Å². The summed E-state index contributed by atoms with van der Waals surface area (Å²) in [6, 6.07) is 7.28. The molecule has 1 unspecified atom stereocenters. The number of carboxylic acids is 1. The summed E-state index contributed by atoms with van der Waals surface area (Å²) in [4.78, 5) is 24.4. The Labute approximate surface area is 142 Å². The molecular formula is C16H16ClNO4S. The third-order valence-corrected chi connectivity index (χ3v) is 4.57. The van der Waals surface area contributed by atoms with E-state index in [-0.39, 0.29) is 12.3 Å². The van der Waals surface area contributed by atoms with Crippen LogP contribution < -0.4 is 10.1 Å². The van der Waals surface area contributed by atoms with Crippen LogP contribution in [0.3, 0.4) is 0 Å². The molecule has 7 heteroatoms. The van der Waals surface area contributed by atoms with Crippen molar-refractivity contribution in [3.8, 4) is 5.75 Å². The number of carbonyl (C=O) groups excluding carboxylic acids is 1. The number of carbonyl (C=O) groups is 2. The molecule has 2 aromatic rings. The number of ether oxygens (including phenoxy) is 1. The number of amides is 1. The molecule has 122 valence electrons. The average molecular weight is 354 g/mol. The maximum Gasteiger partial charge on any atom is 0.330 e. The molecule has 23 heavy (non-hydrogen) atoms. The van der Waals surface area contributed by atoms with Crippen molar-refractivity contribution in [1.29, 1.82) is 0 Å². The maximum atomic E-state index is 12.0. The van der Waals surface area contributed by atoms with Crippen LogP contribution >= 0.6 is 22.9 Å². The maximum absolute atomic E-state index is 12.0. The Balaban J connectivity index is 1.97. The lowest BCUT2D eigenvalue weighted by atomic mass is 10.1. The Kier molecular flexibility index (Phi) is 6.01. The molecule has 1 heterocycles. The van der Waals surface area contributed by atoms with Gasteiger partial charge in [-0.2, -0.15) is 0 Å². The Morgan fingerprint density at radius 3 is 2.57 bits per heavy atom. The van der Waals surface area contributed by atoms with E-state index in [4.69, 9.17) is 16.3 Å². The number of aryl methyl sites for hydroxylation is 1. The van der Waals surface area contributed by atoms with Gasteiger partial charge in [0, 0.05) is 16.7 Å². The summed E-state index contributed by atoms with van der Waals surface area (Å²) in [6.07, 6.45) is 0.731. The number of hydrogen-bond acceptors (Lipinski definition) is 4. The van der Waals surface area contributed by atoms with Gasteiger partial charge < -0.3 is 15.2 Å². The van der Waals surface area contributed by atoms with Crippen LogP contribution in [-0.4, -0.2) is 24.1 Å². The van der Waals surface area contributed by atoms with E-state index in [9.17, 15) is 14.7 Å². The summed E-state index contributed by atoms with van der Waals surface area (Å²) in [5.74, 6) is -0.806. The van der Waals surface area contributed by atoms with Crippen LogP contribution in [-0.2, 0) is 16.0 Å². The lowest BCUT2D eigenvalue weighted by Gasteiger charge is -2.15. The molecular weight excluding hydrogens is 338 g/mol. The molecule has 0 saturated carbocycles. The Morgan fingerprint density at radius 2 is 2.04 bits per heavy atom. The average Bonchev–Trinajstić information content (AvgIpc) is 2.96. The first-order chi connectivity index (χ1) is 11.0. The van der Waals surface area contributed by atoms with E-state index < -0.39 is 12.0 Å². The third kappa shape index (κ3) is 4.97. The molecule has 2 rings (SSSR count). The second kappa shape index (κ2) is 7.99. The lowest BCUT2D eigenvalue weighted by Crippen LogP contribution is -2.33. The summed E-state index contributed by atoms with van der Waals surface area (Å²) in [5.41, 5.74) is 0.491. The van der Waals surface area contributed by atoms with Gasteiger partial charge in [0.15, 0.2) is 6.04 Å². The summed E-state index contributed by atoms with van der Waals surface area (Å²) >= 11 is 7.30. The number of rotatable bonds is 7. The lowest BCUT2D eigenvalue weighted by molar-refractivity contribution is -0.142. The van der Waals surface area contributed by atoms with Crippen molar-refractivity contribution < 1.29 is 19.4 Å². The summed E-state index contributed by atoms with van der Waals surface area (Å²) < 4.78 is 5.04. The SMILES string of the molecule is COc1ccc(C(NC(=O)CCc2cc(Cl)cs2)C(=O)O)cc1. The van der Waals surface area contributed by atoms with Gasteiger partial charge in [0.25, 0.3) is 0 Å². The highest BCUT2D eigenvalue weighted by Crippen LogP contribution is 2.21. The fourth-order valence-corrected chi connectivity index (χ4v) is 3.12. The molecule has 5 nitrogen and oxygen atoms in total. The second-order valence-electron chi connectivity index (χ2n) is 4.84. The van der Waals surface area contributed by atoms with Gasteiger partial charge in [0.2, 0.25) is 5.91 Å². The van der Waals surface area contributed by atoms with E-state index >= 15 is 0 Å². The summed E-state index contributed by atoms with van der Waals surface area (Å²) in [6.45, 7) is 0. The van der Waals surface area contributed by atoms with E-state index in [1.54, 1.807) is 35.7 Å². The molecule has 1 atom stereocenters. The highest BCUT2D eigenvalue weighted by molar-refractivity contribution is 7.10. The molecule has 0 saturated heterocycles. The highest BCUT2D eigenvalue weighted by Gasteiger charge is 2.22. The zero-order valence-corrected chi connectivity index (χ0v) is 14.0. The molecule has 1 aromatic carbocycles. The molecule has 1 amide bonds. The molecule has 0 aliphatic carbocycles. The van der Waals surface area contributed by atoms with Gasteiger partial charge in [0.1, 0.15) is 5.75 Å². The number of benzene rings is 1. The van der Waals surface area contributed by atoms with Crippen molar-refractivity contribution in [2.45, 2.75) is 18.9 Å². The molecule has 0 radical (unpaired) electrons. The van der Waals surface area contributed by atoms with Gasteiger partial charge >= 0.3 is 5.97 Å². The smallest absolute Gasteiger partial charge is 0.330 e. The minimum absolute atomic E-state index is 0.205. The van der Waals surface area contributed by atoms with Crippen LogP contribution in [0.2, 0.25) is 5.02 Å². The van der Waals surface area contributed by atoms with Gasteiger partial charge in [-0.1, -0.05) is 23.7 Å². The van der Waals surface area contributed by atoms with Crippen molar-refractivity contribution in [3.63, 3.8) is 0 Å². The fraction of sp³-hybridized carbons (Fsp3) is 0.250. The number of hydrogen-bond donors (Lipinski definition) is 2. The Bertz CT molecular complexity index is 684. The number of methoxy groups -OCH3 is 1. The number of thiophene rings is 1. The van der Waals surface area contributed by atoms with E-state index in [2.05, 4.69) is 5.32 Å². The molecule has 0 bridgehead atoms. The molecule has 0 fully saturated rings.